The van der Waals surface area contributed by atoms with Gasteiger partial charge in [0.05, 0.1) is 5.39 Å². The van der Waals surface area contributed by atoms with Gasteiger partial charge in [0.25, 0.3) is 5.56 Å². The standard InChI is InChI=1S/C21H24N4O4/c26-18(29-12-25-19(27)16-3-1-2-4-17(16)23-24-25)11-22-20(28)21-8-13-5-14(9-21)7-15(6-13)10-21/h1-4,13-15H,5-12H2,(H,22,28). The van der Waals surface area contributed by atoms with E-state index < -0.39 is 5.97 Å². The van der Waals surface area contributed by atoms with Crippen molar-refractivity contribution in [1.29, 1.82) is 0 Å². The molecule has 4 saturated carbocycles. The summed E-state index contributed by atoms with van der Waals surface area (Å²) in [7, 11) is 0. The highest BCUT2D eigenvalue weighted by Crippen LogP contribution is 2.60. The topological polar surface area (TPSA) is 103 Å². The molecule has 1 aromatic carbocycles. The Labute approximate surface area is 167 Å². The minimum Gasteiger partial charge on any atom is -0.441 e. The van der Waals surface area contributed by atoms with Gasteiger partial charge in [0, 0.05) is 5.41 Å². The summed E-state index contributed by atoms with van der Waals surface area (Å²) >= 11 is 0. The van der Waals surface area contributed by atoms with E-state index in [1.807, 2.05) is 0 Å². The summed E-state index contributed by atoms with van der Waals surface area (Å²) in [6.45, 7) is -0.529. The molecular weight excluding hydrogens is 372 g/mol. The summed E-state index contributed by atoms with van der Waals surface area (Å²) in [5.41, 5.74) is -0.181. The van der Waals surface area contributed by atoms with Crippen LogP contribution < -0.4 is 10.9 Å². The molecule has 1 aromatic heterocycles. The molecule has 2 aromatic rings. The van der Waals surface area contributed by atoms with Crippen molar-refractivity contribution in [1.82, 2.24) is 20.3 Å². The fourth-order valence-corrected chi connectivity index (χ4v) is 6.02. The molecule has 4 bridgehead atoms. The van der Waals surface area contributed by atoms with Crippen LogP contribution in [0.5, 0.6) is 0 Å². The van der Waals surface area contributed by atoms with Crippen LogP contribution in [0.2, 0.25) is 0 Å². The molecule has 6 rings (SSSR count). The number of esters is 1. The average molecular weight is 396 g/mol. The van der Waals surface area contributed by atoms with E-state index in [9.17, 15) is 14.4 Å². The van der Waals surface area contributed by atoms with Gasteiger partial charge in [-0.15, -0.1) is 5.10 Å². The van der Waals surface area contributed by atoms with E-state index in [1.54, 1.807) is 24.3 Å². The number of ether oxygens (including phenoxy) is 1. The van der Waals surface area contributed by atoms with Crippen LogP contribution in [0, 0.1) is 23.2 Å². The molecule has 0 unspecified atom stereocenters. The molecule has 1 N–H and O–H groups in total. The molecule has 4 aliphatic carbocycles. The molecule has 29 heavy (non-hydrogen) atoms. The van der Waals surface area contributed by atoms with Crippen molar-refractivity contribution in [2.45, 2.75) is 45.3 Å². The number of carbonyl (C=O) groups excluding carboxylic acids is 2. The van der Waals surface area contributed by atoms with E-state index in [0.717, 1.165) is 23.9 Å². The van der Waals surface area contributed by atoms with E-state index in [2.05, 4.69) is 15.6 Å². The molecule has 8 nitrogen and oxygen atoms in total. The molecule has 0 aliphatic heterocycles. The van der Waals surface area contributed by atoms with Gasteiger partial charge < -0.3 is 10.1 Å². The molecule has 152 valence electrons. The molecule has 0 spiro atoms. The second kappa shape index (κ2) is 6.93. The molecule has 4 fully saturated rings. The Hall–Kier alpha value is -2.77. The second-order valence-corrected chi connectivity index (χ2v) is 8.94. The normalized spacial score (nSPS) is 29.7. The number of hydrogen-bond acceptors (Lipinski definition) is 6. The average Bonchev–Trinajstić information content (AvgIpc) is 2.70. The predicted octanol–water partition coefficient (Wildman–Crippen LogP) is 1.62. The van der Waals surface area contributed by atoms with Gasteiger partial charge in [0.15, 0.2) is 6.73 Å². The first kappa shape index (κ1) is 18.3. The lowest BCUT2D eigenvalue weighted by Crippen LogP contribution is -2.54. The van der Waals surface area contributed by atoms with Crippen molar-refractivity contribution in [2.24, 2.45) is 23.2 Å². The van der Waals surface area contributed by atoms with Crippen LogP contribution in [0.4, 0.5) is 0 Å². The maximum atomic E-state index is 12.9. The first-order valence-corrected chi connectivity index (χ1v) is 10.3. The van der Waals surface area contributed by atoms with Gasteiger partial charge in [-0.2, -0.15) is 4.68 Å². The summed E-state index contributed by atoms with van der Waals surface area (Å²) < 4.78 is 6.14. The Morgan fingerprint density at radius 3 is 2.45 bits per heavy atom. The van der Waals surface area contributed by atoms with Crippen LogP contribution in [0.3, 0.4) is 0 Å². The highest BCUT2D eigenvalue weighted by molar-refractivity contribution is 5.86. The minimum atomic E-state index is -0.593. The van der Waals surface area contributed by atoms with Gasteiger partial charge in [0.2, 0.25) is 5.91 Å². The number of nitrogens with zero attached hydrogens (tertiary/aromatic N) is 3. The minimum absolute atomic E-state index is 0.0174. The highest BCUT2D eigenvalue weighted by Gasteiger charge is 2.54. The fraction of sp³-hybridized carbons (Fsp3) is 0.571. The summed E-state index contributed by atoms with van der Waals surface area (Å²) in [6, 6.07) is 6.85. The van der Waals surface area contributed by atoms with Crippen LogP contribution in [0.25, 0.3) is 10.9 Å². The van der Waals surface area contributed by atoms with E-state index in [1.165, 1.54) is 19.3 Å². The largest absolute Gasteiger partial charge is 0.441 e. The summed E-state index contributed by atoms with van der Waals surface area (Å²) in [4.78, 5) is 37.4. The summed E-state index contributed by atoms with van der Waals surface area (Å²) in [5, 5.41) is 10.9. The Balaban J connectivity index is 1.17. The number of nitrogens with one attached hydrogen (secondary N) is 1. The van der Waals surface area contributed by atoms with E-state index in [0.29, 0.717) is 28.7 Å². The SMILES string of the molecule is O=C(CNC(=O)C12CC3CC(CC(C3)C1)C2)OCn1nnc2ccccc2c1=O. The number of hydrogen-bond donors (Lipinski definition) is 1. The monoisotopic (exact) mass is 396 g/mol. The van der Waals surface area contributed by atoms with Crippen LogP contribution in [-0.2, 0) is 21.1 Å². The molecule has 1 amide bonds. The molecule has 0 saturated heterocycles. The van der Waals surface area contributed by atoms with Gasteiger partial charge in [-0.3, -0.25) is 14.4 Å². The molecular formula is C21H24N4O4. The quantitative estimate of drug-likeness (QED) is 0.771. The first-order valence-electron chi connectivity index (χ1n) is 10.3. The molecule has 0 atom stereocenters. The van der Waals surface area contributed by atoms with Gasteiger partial charge in [-0.25, -0.2) is 0 Å². The number of amides is 1. The van der Waals surface area contributed by atoms with Crippen molar-refractivity contribution in [3.05, 3.63) is 34.6 Å². The Morgan fingerprint density at radius 1 is 1.10 bits per heavy atom. The summed E-state index contributed by atoms with van der Waals surface area (Å²) in [5.74, 6) is 1.38. The van der Waals surface area contributed by atoms with Crippen molar-refractivity contribution < 1.29 is 14.3 Å². The van der Waals surface area contributed by atoms with Gasteiger partial charge in [0.1, 0.15) is 12.1 Å². The van der Waals surface area contributed by atoms with E-state index >= 15 is 0 Å². The lowest BCUT2D eigenvalue weighted by Gasteiger charge is -2.55. The van der Waals surface area contributed by atoms with Crippen molar-refractivity contribution in [2.75, 3.05) is 6.54 Å². The molecule has 4 aliphatic rings. The van der Waals surface area contributed by atoms with Gasteiger partial charge >= 0.3 is 5.97 Å². The first-order chi connectivity index (χ1) is 14.0. The number of benzene rings is 1. The number of rotatable bonds is 5. The molecule has 8 heteroatoms. The maximum absolute atomic E-state index is 12.9. The zero-order valence-corrected chi connectivity index (χ0v) is 16.2. The maximum Gasteiger partial charge on any atom is 0.327 e. The fourth-order valence-electron chi connectivity index (χ4n) is 6.02. The van der Waals surface area contributed by atoms with E-state index in [-0.39, 0.29) is 30.2 Å². The van der Waals surface area contributed by atoms with Crippen LogP contribution in [0.1, 0.15) is 38.5 Å². The lowest BCUT2D eigenvalue weighted by atomic mass is 9.49. The van der Waals surface area contributed by atoms with Crippen LogP contribution >= 0.6 is 0 Å². The van der Waals surface area contributed by atoms with Crippen molar-refractivity contribution in [3.8, 4) is 0 Å². The van der Waals surface area contributed by atoms with Crippen molar-refractivity contribution >= 4 is 22.8 Å². The molecule has 0 radical (unpaired) electrons. The number of fused-ring (bicyclic) bond motifs is 1. The smallest absolute Gasteiger partial charge is 0.327 e. The Kier molecular flexibility index (Phi) is 4.37. The number of aromatic nitrogens is 3. The van der Waals surface area contributed by atoms with Crippen molar-refractivity contribution in [3.63, 3.8) is 0 Å². The highest BCUT2D eigenvalue weighted by atomic mass is 16.5. The molecule has 1 heterocycles. The third-order valence-electron chi connectivity index (χ3n) is 6.89. The van der Waals surface area contributed by atoms with Gasteiger partial charge in [-0.05, 0) is 68.4 Å². The third kappa shape index (κ3) is 3.30. The van der Waals surface area contributed by atoms with E-state index in [4.69, 9.17) is 4.74 Å². The third-order valence-corrected chi connectivity index (χ3v) is 6.89. The number of carbonyl (C=O) groups is 2. The Bertz CT molecular complexity index is 995. The lowest BCUT2D eigenvalue weighted by molar-refractivity contribution is -0.153. The zero-order chi connectivity index (χ0) is 20.0. The van der Waals surface area contributed by atoms with Gasteiger partial charge in [-0.1, -0.05) is 17.3 Å². The van der Waals surface area contributed by atoms with Crippen LogP contribution in [0.15, 0.2) is 29.1 Å². The summed E-state index contributed by atoms with van der Waals surface area (Å²) in [6.07, 6.45) is 6.62. The predicted molar refractivity (Wildman–Crippen MR) is 104 cm³/mol. The Morgan fingerprint density at radius 2 is 1.76 bits per heavy atom. The second-order valence-electron chi connectivity index (χ2n) is 8.94. The van der Waals surface area contributed by atoms with Crippen LogP contribution in [-0.4, -0.2) is 33.4 Å². The zero-order valence-electron chi connectivity index (χ0n) is 16.2.